The predicted octanol–water partition coefficient (Wildman–Crippen LogP) is 1.11. The molecule has 2 aliphatic rings. The smallest absolute Gasteiger partial charge is 0.127 e. The summed E-state index contributed by atoms with van der Waals surface area (Å²) in [5.41, 5.74) is 1.90. The second-order valence-corrected chi connectivity index (χ2v) is 6.16. The summed E-state index contributed by atoms with van der Waals surface area (Å²) in [6, 6.07) is 5.76. The highest BCUT2D eigenvalue weighted by Gasteiger charge is 2.14. The lowest BCUT2D eigenvalue weighted by Gasteiger charge is -2.27. The van der Waals surface area contributed by atoms with Crippen molar-refractivity contribution in [2.75, 3.05) is 59.0 Å². The van der Waals surface area contributed by atoms with E-state index in [0.717, 1.165) is 76.6 Å². The van der Waals surface area contributed by atoms with Crippen LogP contribution in [0.2, 0.25) is 0 Å². The fourth-order valence-electron chi connectivity index (χ4n) is 3.10. The molecule has 1 N–H and O–H groups in total. The predicted molar refractivity (Wildman–Crippen MR) is 85.5 cm³/mol. The molecule has 0 aromatic heterocycles. The van der Waals surface area contributed by atoms with Crippen molar-refractivity contribution in [3.63, 3.8) is 0 Å². The first kappa shape index (κ1) is 15.9. The van der Waals surface area contributed by atoms with E-state index < -0.39 is 0 Å². The second-order valence-electron chi connectivity index (χ2n) is 6.16. The zero-order chi connectivity index (χ0) is 15.2. The Kier molecular flexibility index (Phi) is 5.78. The van der Waals surface area contributed by atoms with Crippen LogP contribution in [0, 0.1) is 5.82 Å². The number of benzene rings is 1. The quantitative estimate of drug-likeness (QED) is 0.882. The molecule has 0 amide bonds. The van der Waals surface area contributed by atoms with Crippen LogP contribution in [0.25, 0.3) is 0 Å². The van der Waals surface area contributed by atoms with Crippen molar-refractivity contribution in [3.05, 3.63) is 35.1 Å². The van der Waals surface area contributed by atoms with Crippen LogP contribution < -0.4 is 5.32 Å². The van der Waals surface area contributed by atoms with Gasteiger partial charge in [-0.2, -0.15) is 0 Å². The number of nitrogens with zero attached hydrogens (tertiary/aromatic N) is 2. The molecule has 0 bridgehead atoms. The van der Waals surface area contributed by atoms with Crippen LogP contribution in [0.3, 0.4) is 0 Å². The molecule has 3 rings (SSSR count). The van der Waals surface area contributed by atoms with Gasteiger partial charge in [-0.1, -0.05) is 12.1 Å². The summed E-state index contributed by atoms with van der Waals surface area (Å²) in [4.78, 5) is 4.69. The first-order valence-electron chi connectivity index (χ1n) is 8.32. The van der Waals surface area contributed by atoms with Crippen molar-refractivity contribution in [1.82, 2.24) is 15.1 Å². The Morgan fingerprint density at radius 2 is 1.82 bits per heavy atom. The zero-order valence-corrected chi connectivity index (χ0v) is 13.2. The van der Waals surface area contributed by atoms with Crippen LogP contribution in [-0.2, 0) is 17.7 Å². The van der Waals surface area contributed by atoms with E-state index in [9.17, 15) is 4.39 Å². The Morgan fingerprint density at radius 3 is 2.55 bits per heavy atom. The van der Waals surface area contributed by atoms with Crippen LogP contribution in [0.15, 0.2) is 18.2 Å². The van der Waals surface area contributed by atoms with Crippen molar-refractivity contribution < 1.29 is 9.13 Å². The fraction of sp³-hybridized carbons (Fsp3) is 0.647. The highest BCUT2D eigenvalue weighted by molar-refractivity contribution is 5.24. The van der Waals surface area contributed by atoms with Crippen LogP contribution >= 0.6 is 0 Å². The van der Waals surface area contributed by atoms with Gasteiger partial charge in [0.1, 0.15) is 5.82 Å². The molecule has 2 saturated heterocycles. The molecule has 1 aromatic rings. The molecular weight excluding hydrogens is 281 g/mol. The van der Waals surface area contributed by atoms with Crippen molar-refractivity contribution in [2.45, 2.75) is 13.0 Å². The molecule has 0 unspecified atom stereocenters. The molecule has 4 nitrogen and oxygen atoms in total. The third kappa shape index (κ3) is 4.49. The van der Waals surface area contributed by atoms with E-state index in [-0.39, 0.29) is 5.82 Å². The SMILES string of the molecule is Fc1cc(CCN2CCNCC2)ccc1CN1CCOCC1. The minimum atomic E-state index is -0.0655. The van der Waals surface area contributed by atoms with Gasteiger partial charge in [0.2, 0.25) is 0 Å². The lowest BCUT2D eigenvalue weighted by atomic mass is 10.1. The normalized spacial score (nSPS) is 21.1. The highest BCUT2D eigenvalue weighted by Crippen LogP contribution is 2.15. The van der Waals surface area contributed by atoms with Gasteiger partial charge < -0.3 is 15.0 Å². The third-order valence-corrected chi connectivity index (χ3v) is 4.54. The molecule has 2 fully saturated rings. The van der Waals surface area contributed by atoms with Gasteiger partial charge in [0, 0.05) is 57.9 Å². The Bertz CT molecular complexity index is 471. The first-order valence-corrected chi connectivity index (χ1v) is 8.32. The van der Waals surface area contributed by atoms with Gasteiger partial charge in [-0.3, -0.25) is 4.90 Å². The summed E-state index contributed by atoms with van der Waals surface area (Å²) >= 11 is 0. The largest absolute Gasteiger partial charge is 0.379 e. The van der Waals surface area contributed by atoms with E-state index >= 15 is 0 Å². The second kappa shape index (κ2) is 8.02. The average Bonchev–Trinajstić information content (AvgIpc) is 2.57. The summed E-state index contributed by atoms with van der Waals surface area (Å²) in [6.45, 7) is 9.31. The maximum atomic E-state index is 14.3. The topological polar surface area (TPSA) is 27.7 Å². The standard InChI is InChI=1S/C17H26FN3O/c18-17-13-15(3-6-20-7-4-19-5-8-20)1-2-16(17)14-21-9-11-22-12-10-21/h1-2,13,19H,3-12,14H2. The Balaban J connectivity index is 1.52. The molecule has 1 aromatic carbocycles. The Hall–Kier alpha value is -1.01. The molecule has 0 radical (unpaired) electrons. The lowest BCUT2D eigenvalue weighted by Crippen LogP contribution is -2.44. The van der Waals surface area contributed by atoms with Gasteiger partial charge in [-0.05, 0) is 18.1 Å². The van der Waals surface area contributed by atoms with E-state index in [4.69, 9.17) is 4.74 Å². The minimum Gasteiger partial charge on any atom is -0.379 e. The maximum Gasteiger partial charge on any atom is 0.127 e. The van der Waals surface area contributed by atoms with Crippen molar-refractivity contribution >= 4 is 0 Å². The summed E-state index contributed by atoms with van der Waals surface area (Å²) in [5.74, 6) is -0.0655. The van der Waals surface area contributed by atoms with E-state index in [1.54, 1.807) is 6.07 Å². The summed E-state index contributed by atoms with van der Waals surface area (Å²) in [7, 11) is 0. The number of nitrogens with one attached hydrogen (secondary N) is 1. The number of ether oxygens (including phenoxy) is 1. The fourth-order valence-corrected chi connectivity index (χ4v) is 3.10. The van der Waals surface area contributed by atoms with Gasteiger partial charge in [0.25, 0.3) is 0 Å². The molecule has 2 heterocycles. The van der Waals surface area contributed by atoms with Crippen LogP contribution in [0.4, 0.5) is 4.39 Å². The Morgan fingerprint density at radius 1 is 1.05 bits per heavy atom. The summed E-state index contributed by atoms with van der Waals surface area (Å²) < 4.78 is 19.6. The molecule has 5 heteroatoms. The van der Waals surface area contributed by atoms with Crippen molar-refractivity contribution in [3.8, 4) is 0 Å². The monoisotopic (exact) mass is 307 g/mol. The number of piperazine rings is 1. The Labute approximate surface area is 132 Å². The van der Waals surface area contributed by atoms with Crippen LogP contribution in [0.5, 0.6) is 0 Å². The van der Waals surface area contributed by atoms with Crippen molar-refractivity contribution in [1.29, 1.82) is 0 Å². The number of halogens is 1. The molecule has 0 spiro atoms. The molecule has 22 heavy (non-hydrogen) atoms. The van der Waals surface area contributed by atoms with E-state index in [2.05, 4.69) is 21.2 Å². The number of hydrogen-bond donors (Lipinski definition) is 1. The summed E-state index contributed by atoms with van der Waals surface area (Å²) in [5, 5.41) is 3.35. The van der Waals surface area contributed by atoms with E-state index in [1.807, 2.05) is 6.07 Å². The third-order valence-electron chi connectivity index (χ3n) is 4.54. The number of morpholine rings is 1. The van der Waals surface area contributed by atoms with E-state index in [0.29, 0.717) is 6.54 Å². The van der Waals surface area contributed by atoms with Gasteiger partial charge in [0.05, 0.1) is 13.2 Å². The molecular formula is C17H26FN3O. The number of rotatable bonds is 5. The van der Waals surface area contributed by atoms with Gasteiger partial charge in [0.15, 0.2) is 0 Å². The first-order chi connectivity index (χ1) is 10.8. The highest BCUT2D eigenvalue weighted by atomic mass is 19.1. The lowest BCUT2D eigenvalue weighted by molar-refractivity contribution is 0.0337. The minimum absolute atomic E-state index is 0.0655. The maximum absolute atomic E-state index is 14.3. The molecule has 0 aliphatic carbocycles. The van der Waals surface area contributed by atoms with Gasteiger partial charge in [-0.15, -0.1) is 0 Å². The van der Waals surface area contributed by atoms with Gasteiger partial charge in [-0.25, -0.2) is 4.39 Å². The zero-order valence-electron chi connectivity index (χ0n) is 13.2. The molecule has 0 saturated carbocycles. The number of hydrogen-bond acceptors (Lipinski definition) is 4. The van der Waals surface area contributed by atoms with Gasteiger partial charge >= 0.3 is 0 Å². The summed E-state index contributed by atoms with van der Waals surface area (Å²) in [6.07, 6.45) is 0.925. The van der Waals surface area contributed by atoms with Crippen LogP contribution in [0.1, 0.15) is 11.1 Å². The molecule has 2 aliphatic heterocycles. The van der Waals surface area contributed by atoms with Crippen LogP contribution in [-0.4, -0.2) is 68.8 Å². The van der Waals surface area contributed by atoms with E-state index in [1.165, 1.54) is 0 Å². The van der Waals surface area contributed by atoms with Crippen molar-refractivity contribution in [2.24, 2.45) is 0 Å². The molecule has 122 valence electrons. The average molecular weight is 307 g/mol. The molecule has 0 atom stereocenters.